The molecular weight excluding hydrogens is 304 g/mol. The van der Waals surface area contributed by atoms with Gasteiger partial charge in [-0.2, -0.15) is 0 Å². The molecule has 0 aliphatic heterocycles. The first-order valence-electron chi connectivity index (χ1n) is 7.94. The molecule has 0 bridgehead atoms. The van der Waals surface area contributed by atoms with Gasteiger partial charge in [-0.05, 0) is 29.2 Å². The van der Waals surface area contributed by atoms with E-state index in [4.69, 9.17) is 4.74 Å². The number of carbonyl (C=O) groups excluding carboxylic acids is 1. The minimum atomic E-state index is -0.254. The normalized spacial score (nSPS) is 11.0. The van der Waals surface area contributed by atoms with E-state index < -0.39 is 0 Å². The number of rotatable bonds is 6. The van der Waals surface area contributed by atoms with Crippen molar-refractivity contribution >= 4 is 11.7 Å². The van der Waals surface area contributed by atoms with Crippen LogP contribution < -0.4 is 15.4 Å². The second-order valence-electron chi connectivity index (χ2n) is 6.40. The lowest BCUT2D eigenvalue weighted by Gasteiger charge is -2.22. The fraction of sp³-hybridized carbons (Fsp3) is 0.389. The predicted octanol–water partition coefficient (Wildman–Crippen LogP) is 2.62. The zero-order valence-corrected chi connectivity index (χ0v) is 14.6. The van der Waals surface area contributed by atoms with Crippen LogP contribution in [0.2, 0.25) is 0 Å². The van der Waals surface area contributed by atoms with Crippen LogP contribution in [0.3, 0.4) is 0 Å². The number of aromatic nitrogens is 2. The average Bonchev–Trinajstić information content (AvgIpc) is 2.58. The molecular formula is C18H24N4O2. The van der Waals surface area contributed by atoms with Crippen LogP contribution in [0.15, 0.2) is 36.4 Å². The molecule has 0 spiro atoms. The number of amides is 1. The molecule has 1 heterocycles. The van der Waals surface area contributed by atoms with Gasteiger partial charge in [0, 0.05) is 7.05 Å². The quantitative estimate of drug-likeness (QED) is 0.797. The molecule has 2 aromatic rings. The van der Waals surface area contributed by atoms with Crippen molar-refractivity contribution < 1.29 is 9.53 Å². The molecule has 2 N–H and O–H groups in total. The largest absolute Gasteiger partial charge is 0.491 e. The van der Waals surface area contributed by atoms with Crippen LogP contribution in [0, 0.1) is 0 Å². The third-order valence-electron chi connectivity index (χ3n) is 3.49. The third kappa shape index (κ3) is 4.68. The number of carbonyl (C=O) groups is 1. The van der Waals surface area contributed by atoms with Crippen molar-refractivity contribution in [3.63, 3.8) is 0 Å². The molecule has 0 saturated heterocycles. The number of benzene rings is 1. The van der Waals surface area contributed by atoms with Gasteiger partial charge in [-0.1, -0.05) is 39.0 Å². The number of para-hydroxylation sites is 1. The second kappa shape index (κ2) is 7.77. The molecule has 0 atom stereocenters. The maximum atomic E-state index is 11.4. The lowest BCUT2D eigenvalue weighted by atomic mass is 9.86. The molecule has 0 unspecified atom stereocenters. The van der Waals surface area contributed by atoms with Gasteiger partial charge in [0.15, 0.2) is 5.69 Å². The van der Waals surface area contributed by atoms with Crippen LogP contribution in [0.4, 0.5) is 5.82 Å². The van der Waals surface area contributed by atoms with E-state index in [9.17, 15) is 4.79 Å². The zero-order valence-electron chi connectivity index (χ0n) is 14.6. The maximum absolute atomic E-state index is 11.4. The maximum Gasteiger partial charge on any atom is 0.271 e. The lowest BCUT2D eigenvalue weighted by Crippen LogP contribution is -2.20. The van der Waals surface area contributed by atoms with Gasteiger partial charge in [0.25, 0.3) is 5.91 Å². The summed E-state index contributed by atoms with van der Waals surface area (Å²) in [6, 6.07) is 11.4. The van der Waals surface area contributed by atoms with Gasteiger partial charge >= 0.3 is 0 Å². The van der Waals surface area contributed by atoms with Gasteiger partial charge in [-0.25, -0.2) is 0 Å². The molecule has 0 fully saturated rings. The van der Waals surface area contributed by atoms with Crippen LogP contribution >= 0.6 is 0 Å². The molecule has 6 heteroatoms. The van der Waals surface area contributed by atoms with Gasteiger partial charge in [-0.3, -0.25) is 4.79 Å². The molecule has 0 aliphatic carbocycles. The van der Waals surface area contributed by atoms with E-state index in [1.807, 2.05) is 18.2 Å². The number of ether oxygens (including phenoxy) is 1. The summed E-state index contributed by atoms with van der Waals surface area (Å²) in [5.74, 6) is 1.25. The van der Waals surface area contributed by atoms with E-state index in [1.54, 1.807) is 19.2 Å². The monoisotopic (exact) mass is 328 g/mol. The molecule has 2 rings (SSSR count). The highest BCUT2D eigenvalue weighted by atomic mass is 16.5. The molecule has 0 aliphatic rings. The Kier molecular flexibility index (Phi) is 5.73. The van der Waals surface area contributed by atoms with E-state index in [1.165, 1.54) is 5.56 Å². The Labute approximate surface area is 142 Å². The van der Waals surface area contributed by atoms with Crippen LogP contribution in [0.5, 0.6) is 5.75 Å². The highest BCUT2D eigenvalue weighted by Crippen LogP contribution is 2.30. The van der Waals surface area contributed by atoms with Crippen LogP contribution in [0.25, 0.3) is 0 Å². The highest BCUT2D eigenvalue weighted by molar-refractivity contribution is 5.91. The lowest BCUT2D eigenvalue weighted by molar-refractivity contribution is 0.0957. The molecule has 24 heavy (non-hydrogen) atoms. The van der Waals surface area contributed by atoms with Gasteiger partial charge in [-0.15, -0.1) is 10.2 Å². The first-order chi connectivity index (χ1) is 11.4. The number of nitrogens with one attached hydrogen (secondary N) is 2. The number of nitrogens with zero attached hydrogens (tertiary/aromatic N) is 2. The zero-order chi connectivity index (χ0) is 17.6. The summed E-state index contributed by atoms with van der Waals surface area (Å²) >= 11 is 0. The first-order valence-corrected chi connectivity index (χ1v) is 7.94. The van der Waals surface area contributed by atoms with Crippen molar-refractivity contribution in [1.82, 2.24) is 15.5 Å². The van der Waals surface area contributed by atoms with Gasteiger partial charge in [0.1, 0.15) is 18.2 Å². The van der Waals surface area contributed by atoms with Crippen LogP contribution in [-0.4, -0.2) is 36.3 Å². The Morgan fingerprint density at radius 3 is 2.50 bits per heavy atom. The highest BCUT2D eigenvalue weighted by Gasteiger charge is 2.18. The van der Waals surface area contributed by atoms with E-state index in [-0.39, 0.29) is 11.3 Å². The summed E-state index contributed by atoms with van der Waals surface area (Å²) in [7, 11) is 1.56. The van der Waals surface area contributed by atoms with Crippen molar-refractivity contribution in [2.45, 2.75) is 26.2 Å². The fourth-order valence-electron chi connectivity index (χ4n) is 2.23. The summed E-state index contributed by atoms with van der Waals surface area (Å²) in [4.78, 5) is 11.4. The number of anilines is 1. The number of hydrogen-bond donors (Lipinski definition) is 2. The van der Waals surface area contributed by atoms with Crippen molar-refractivity contribution in [2.24, 2.45) is 0 Å². The molecule has 0 radical (unpaired) electrons. The van der Waals surface area contributed by atoms with Crippen LogP contribution in [0.1, 0.15) is 36.8 Å². The van der Waals surface area contributed by atoms with Gasteiger partial charge in [0.05, 0.1) is 6.54 Å². The molecule has 1 aromatic heterocycles. The molecule has 6 nitrogen and oxygen atoms in total. The third-order valence-corrected chi connectivity index (χ3v) is 3.49. The van der Waals surface area contributed by atoms with Crippen molar-refractivity contribution in [2.75, 3.05) is 25.5 Å². The van der Waals surface area contributed by atoms with Gasteiger partial charge < -0.3 is 15.4 Å². The minimum Gasteiger partial charge on any atom is -0.491 e. The first kappa shape index (κ1) is 17.7. The predicted molar refractivity (Wildman–Crippen MR) is 94.5 cm³/mol. The summed E-state index contributed by atoms with van der Waals surface area (Å²) in [5.41, 5.74) is 1.50. The molecule has 1 amide bonds. The second-order valence-corrected chi connectivity index (χ2v) is 6.40. The summed E-state index contributed by atoms with van der Waals surface area (Å²) < 4.78 is 5.89. The summed E-state index contributed by atoms with van der Waals surface area (Å²) in [6.45, 7) is 7.59. The Bertz CT molecular complexity index is 678. The molecule has 128 valence electrons. The van der Waals surface area contributed by atoms with Crippen LogP contribution in [-0.2, 0) is 5.41 Å². The fourth-order valence-corrected chi connectivity index (χ4v) is 2.23. The van der Waals surface area contributed by atoms with E-state index in [2.05, 4.69) is 47.7 Å². The van der Waals surface area contributed by atoms with Crippen molar-refractivity contribution in [3.05, 3.63) is 47.7 Å². The smallest absolute Gasteiger partial charge is 0.271 e. The van der Waals surface area contributed by atoms with Crippen molar-refractivity contribution in [3.8, 4) is 5.75 Å². The topological polar surface area (TPSA) is 76.1 Å². The van der Waals surface area contributed by atoms with Crippen molar-refractivity contribution in [1.29, 1.82) is 0 Å². The minimum absolute atomic E-state index is 0.0329. The molecule has 1 aromatic carbocycles. The number of hydrogen-bond acceptors (Lipinski definition) is 5. The molecule has 0 saturated carbocycles. The summed E-state index contributed by atoms with van der Waals surface area (Å²) in [6.07, 6.45) is 0. The Hall–Kier alpha value is -2.63. The van der Waals surface area contributed by atoms with E-state index in [0.29, 0.717) is 24.7 Å². The SMILES string of the molecule is CNC(=O)c1ccc(NCCOc2ccccc2C(C)(C)C)nn1. The Morgan fingerprint density at radius 2 is 1.88 bits per heavy atom. The van der Waals surface area contributed by atoms with E-state index >= 15 is 0 Å². The van der Waals surface area contributed by atoms with Gasteiger partial charge in [0.2, 0.25) is 0 Å². The van der Waals surface area contributed by atoms with E-state index in [0.717, 1.165) is 5.75 Å². The Morgan fingerprint density at radius 1 is 1.12 bits per heavy atom. The average molecular weight is 328 g/mol. The standard InChI is InChI=1S/C18H24N4O2/c1-18(2,3)13-7-5-6-8-15(13)24-12-11-20-16-10-9-14(21-22-16)17(23)19-4/h5-10H,11-12H2,1-4H3,(H,19,23)(H,20,22). The Balaban J connectivity index is 1.87. The summed E-state index contributed by atoms with van der Waals surface area (Å²) in [5, 5.41) is 13.5.